The second-order valence-corrected chi connectivity index (χ2v) is 6.42. The van der Waals surface area contributed by atoms with Crippen molar-refractivity contribution in [3.63, 3.8) is 0 Å². The normalized spacial score (nSPS) is 32.8. The van der Waals surface area contributed by atoms with Crippen LogP contribution in [0.4, 0.5) is 0 Å². The van der Waals surface area contributed by atoms with Crippen molar-refractivity contribution in [1.29, 1.82) is 0 Å². The molecule has 0 amide bonds. The molecule has 2 saturated carbocycles. The highest BCUT2D eigenvalue weighted by atomic mass is 16.4. The molecule has 2 aliphatic rings. The molecule has 19 heavy (non-hydrogen) atoms. The zero-order valence-electron chi connectivity index (χ0n) is 11.8. The van der Waals surface area contributed by atoms with E-state index in [-0.39, 0.29) is 12.0 Å². The lowest BCUT2D eigenvalue weighted by Crippen LogP contribution is -2.27. The molecular formula is C16H26O3. The minimum Gasteiger partial charge on any atom is -0.481 e. The number of hydrogen-bond acceptors (Lipinski definition) is 2. The van der Waals surface area contributed by atoms with Gasteiger partial charge < -0.3 is 10.2 Å². The van der Waals surface area contributed by atoms with Crippen LogP contribution in [0.2, 0.25) is 0 Å². The molecule has 5 atom stereocenters. The first-order valence-electron chi connectivity index (χ1n) is 7.63. The van der Waals surface area contributed by atoms with E-state index >= 15 is 0 Å². The number of aliphatic carboxylic acids is 1. The maximum atomic E-state index is 11.5. The second kappa shape index (κ2) is 6.56. The van der Waals surface area contributed by atoms with Crippen molar-refractivity contribution in [2.45, 2.75) is 58.0 Å². The van der Waals surface area contributed by atoms with Gasteiger partial charge in [-0.25, -0.2) is 0 Å². The molecule has 108 valence electrons. The number of carboxylic acid groups (broad SMARTS) is 1. The summed E-state index contributed by atoms with van der Waals surface area (Å²) in [6.45, 7) is 1.76. The quantitative estimate of drug-likeness (QED) is 0.696. The van der Waals surface area contributed by atoms with Gasteiger partial charge in [-0.2, -0.15) is 0 Å². The lowest BCUT2D eigenvalue weighted by Gasteiger charge is -2.27. The van der Waals surface area contributed by atoms with Crippen LogP contribution in [0, 0.1) is 23.7 Å². The summed E-state index contributed by atoms with van der Waals surface area (Å²) < 4.78 is 0. The third kappa shape index (κ3) is 3.82. The lowest BCUT2D eigenvalue weighted by atomic mass is 9.77. The van der Waals surface area contributed by atoms with Crippen LogP contribution < -0.4 is 0 Å². The molecule has 0 heterocycles. The van der Waals surface area contributed by atoms with E-state index < -0.39 is 5.97 Å². The monoisotopic (exact) mass is 266 g/mol. The summed E-state index contributed by atoms with van der Waals surface area (Å²) in [5, 5.41) is 18.6. The standard InChI is InChI=1S/C16H26O3/c1-11(17)5-3-2-4-6-14(16(18)19)15-10-12-7-8-13(15)9-12/h2-3,11-15,17H,4-10H2,1H3,(H,18,19)/t11-,12-,13+,14?,15+/m0/s1. The zero-order valence-corrected chi connectivity index (χ0v) is 11.8. The first kappa shape index (κ1) is 14.6. The highest BCUT2D eigenvalue weighted by molar-refractivity contribution is 5.70. The van der Waals surface area contributed by atoms with E-state index in [1.54, 1.807) is 6.92 Å². The van der Waals surface area contributed by atoms with Gasteiger partial charge in [0.2, 0.25) is 0 Å². The lowest BCUT2D eigenvalue weighted by molar-refractivity contribution is -0.144. The van der Waals surface area contributed by atoms with Crippen LogP contribution >= 0.6 is 0 Å². The summed E-state index contributed by atoms with van der Waals surface area (Å²) in [7, 11) is 0. The molecule has 2 rings (SSSR count). The number of carbonyl (C=O) groups is 1. The molecule has 0 radical (unpaired) electrons. The molecule has 0 aromatic rings. The topological polar surface area (TPSA) is 57.5 Å². The summed E-state index contributed by atoms with van der Waals surface area (Å²) in [5.41, 5.74) is 0. The SMILES string of the molecule is C[C@H](O)CC=CCCC(C(=O)O)[C@@H]1C[C@H]2CC[C@@H]1C2. The molecule has 2 fully saturated rings. The maximum absolute atomic E-state index is 11.5. The van der Waals surface area contributed by atoms with Gasteiger partial charge in [-0.3, -0.25) is 4.79 Å². The van der Waals surface area contributed by atoms with Crippen LogP contribution in [0.3, 0.4) is 0 Å². The van der Waals surface area contributed by atoms with Gasteiger partial charge >= 0.3 is 5.97 Å². The first-order valence-corrected chi connectivity index (χ1v) is 7.63. The van der Waals surface area contributed by atoms with Gasteiger partial charge in [-0.05, 0) is 63.2 Å². The summed E-state index contributed by atoms with van der Waals surface area (Å²) >= 11 is 0. The van der Waals surface area contributed by atoms with Gasteiger partial charge in [0.25, 0.3) is 0 Å². The van der Waals surface area contributed by atoms with Crippen molar-refractivity contribution in [1.82, 2.24) is 0 Å². The Morgan fingerprint density at radius 1 is 1.32 bits per heavy atom. The zero-order chi connectivity index (χ0) is 13.8. The Labute approximate surface area is 115 Å². The summed E-state index contributed by atoms with van der Waals surface area (Å²) in [5.74, 6) is 1.13. The molecule has 0 aromatic heterocycles. The average Bonchev–Trinajstić information content (AvgIpc) is 2.94. The van der Waals surface area contributed by atoms with Gasteiger partial charge in [0.15, 0.2) is 0 Å². The molecule has 2 bridgehead atoms. The molecule has 3 nitrogen and oxygen atoms in total. The Morgan fingerprint density at radius 2 is 2.11 bits per heavy atom. The Balaban J connectivity index is 1.80. The van der Waals surface area contributed by atoms with E-state index in [1.165, 1.54) is 19.3 Å². The fraction of sp³-hybridized carbons (Fsp3) is 0.812. The van der Waals surface area contributed by atoms with Crippen molar-refractivity contribution in [2.75, 3.05) is 0 Å². The van der Waals surface area contributed by atoms with Crippen LogP contribution in [0.5, 0.6) is 0 Å². The van der Waals surface area contributed by atoms with E-state index in [0.29, 0.717) is 18.3 Å². The van der Waals surface area contributed by atoms with E-state index in [9.17, 15) is 9.90 Å². The first-order chi connectivity index (χ1) is 9.08. The highest BCUT2D eigenvalue weighted by Gasteiger charge is 2.44. The van der Waals surface area contributed by atoms with Crippen LogP contribution in [0.1, 0.15) is 51.9 Å². The van der Waals surface area contributed by atoms with E-state index in [4.69, 9.17) is 5.11 Å². The van der Waals surface area contributed by atoms with E-state index in [0.717, 1.165) is 25.2 Å². The number of rotatable bonds is 7. The van der Waals surface area contributed by atoms with Crippen LogP contribution in [0.25, 0.3) is 0 Å². The number of fused-ring (bicyclic) bond motifs is 2. The Morgan fingerprint density at radius 3 is 2.63 bits per heavy atom. The van der Waals surface area contributed by atoms with Crippen LogP contribution in [0.15, 0.2) is 12.2 Å². The van der Waals surface area contributed by atoms with E-state index in [1.807, 2.05) is 12.2 Å². The number of hydrogen-bond donors (Lipinski definition) is 2. The minimum atomic E-state index is -0.610. The average molecular weight is 266 g/mol. The minimum absolute atomic E-state index is 0.161. The van der Waals surface area contributed by atoms with Crippen molar-refractivity contribution < 1.29 is 15.0 Å². The molecule has 0 aromatic carbocycles. The van der Waals surface area contributed by atoms with Gasteiger partial charge in [-0.15, -0.1) is 0 Å². The number of aliphatic hydroxyl groups excluding tert-OH is 1. The molecular weight excluding hydrogens is 240 g/mol. The second-order valence-electron chi connectivity index (χ2n) is 6.42. The largest absolute Gasteiger partial charge is 0.481 e. The fourth-order valence-electron chi connectivity index (χ4n) is 3.99. The summed E-state index contributed by atoms with van der Waals surface area (Å²) in [4.78, 5) is 11.5. The number of aliphatic hydroxyl groups is 1. The third-order valence-corrected chi connectivity index (χ3v) is 4.92. The van der Waals surface area contributed by atoms with Crippen molar-refractivity contribution in [3.05, 3.63) is 12.2 Å². The molecule has 2 N–H and O–H groups in total. The van der Waals surface area contributed by atoms with Gasteiger partial charge in [0, 0.05) is 0 Å². The predicted octanol–water partition coefficient (Wildman–Crippen LogP) is 3.23. The molecule has 0 spiro atoms. The molecule has 0 aliphatic heterocycles. The molecule has 1 unspecified atom stereocenters. The highest BCUT2D eigenvalue weighted by Crippen LogP contribution is 2.51. The van der Waals surface area contributed by atoms with Gasteiger partial charge in [-0.1, -0.05) is 18.6 Å². The fourth-order valence-corrected chi connectivity index (χ4v) is 3.99. The number of carboxylic acids is 1. The number of allylic oxidation sites excluding steroid dienone is 1. The van der Waals surface area contributed by atoms with Crippen LogP contribution in [-0.4, -0.2) is 22.3 Å². The van der Waals surface area contributed by atoms with Crippen molar-refractivity contribution >= 4 is 5.97 Å². The predicted molar refractivity (Wildman–Crippen MR) is 74.7 cm³/mol. The Kier molecular flexibility index (Phi) is 5.03. The molecule has 3 heteroatoms. The van der Waals surface area contributed by atoms with Crippen molar-refractivity contribution in [2.24, 2.45) is 23.7 Å². The smallest absolute Gasteiger partial charge is 0.306 e. The van der Waals surface area contributed by atoms with Crippen molar-refractivity contribution in [3.8, 4) is 0 Å². The van der Waals surface area contributed by atoms with Gasteiger partial charge in [0.1, 0.15) is 0 Å². The van der Waals surface area contributed by atoms with Crippen LogP contribution in [-0.2, 0) is 4.79 Å². The van der Waals surface area contributed by atoms with E-state index in [2.05, 4.69) is 0 Å². The molecule has 0 saturated heterocycles. The maximum Gasteiger partial charge on any atom is 0.306 e. The third-order valence-electron chi connectivity index (χ3n) is 4.92. The van der Waals surface area contributed by atoms with Gasteiger partial charge in [0.05, 0.1) is 12.0 Å². The summed E-state index contributed by atoms with van der Waals surface area (Å²) in [6, 6.07) is 0. The molecule has 2 aliphatic carbocycles. The Hall–Kier alpha value is -0.830. The summed E-state index contributed by atoms with van der Waals surface area (Å²) in [6.07, 6.45) is 10.9. The Bertz CT molecular complexity index is 335.